The molecule has 2 amide bonds. The summed E-state index contributed by atoms with van der Waals surface area (Å²) in [6, 6.07) is 15.7. The number of hydrogen-bond donors (Lipinski definition) is 1. The second-order valence-corrected chi connectivity index (χ2v) is 7.45. The van der Waals surface area contributed by atoms with Gasteiger partial charge in [-0.3, -0.25) is 19.0 Å². The number of anilines is 1. The molecule has 0 aliphatic rings. The molecule has 1 heterocycles. The first-order valence-electron chi connectivity index (χ1n) is 9.41. The van der Waals surface area contributed by atoms with E-state index < -0.39 is 0 Å². The lowest BCUT2D eigenvalue weighted by molar-refractivity contribution is -0.116. The lowest BCUT2D eigenvalue weighted by Crippen LogP contribution is -2.33. The third-order valence-corrected chi connectivity index (χ3v) is 5.20. The van der Waals surface area contributed by atoms with Crippen LogP contribution in [0.5, 0.6) is 0 Å². The monoisotopic (exact) mass is 455 g/mol. The van der Waals surface area contributed by atoms with Crippen molar-refractivity contribution in [2.75, 3.05) is 18.4 Å². The molecule has 150 valence electrons. The van der Waals surface area contributed by atoms with Crippen molar-refractivity contribution in [3.63, 3.8) is 0 Å². The second-order valence-electron chi connectivity index (χ2n) is 6.54. The number of carbonyl (C=O) groups excluding carboxylic acids is 2. The highest BCUT2D eigenvalue weighted by molar-refractivity contribution is 9.10. The van der Waals surface area contributed by atoms with Crippen LogP contribution >= 0.6 is 15.9 Å². The number of hydrogen-bond acceptors (Lipinski definition) is 3. The molecule has 29 heavy (non-hydrogen) atoms. The van der Waals surface area contributed by atoms with E-state index in [1.54, 1.807) is 35.2 Å². The summed E-state index contributed by atoms with van der Waals surface area (Å²) in [5.41, 5.74) is 1.16. The standard InChI is InChI=1S/C22H22BrN3O3/c1-3-25(4-2)22(29)18-13-21(28)26(19-11-6-5-10-17(18)19)14-20(27)24-16-9-7-8-15(23)12-16/h5-13H,3-4,14H2,1-2H3,(H,24,27). The Morgan fingerprint density at radius 2 is 1.76 bits per heavy atom. The molecule has 7 heteroatoms. The van der Waals surface area contributed by atoms with Crippen LogP contribution in [0.15, 0.2) is 63.9 Å². The van der Waals surface area contributed by atoms with Gasteiger partial charge in [-0.05, 0) is 38.1 Å². The average Bonchev–Trinajstić information content (AvgIpc) is 2.70. The van der Waals surface area contributed by atoms with Crippen LogP contribution < -0.4 is 10.9 Å². The molecule has 0 aliphatic carbocycles. The summed E-state index contributed by atoms with van der Waals surface area (Å²) in [5.74, 6) is -0.507. The van der Waals surface area contributed by atoms with Gasteiger partial charge in [0.2, 0.25) is 5.91 Å². The van der Waals surface area contributed by atoms with Gasteiger partial charge in [0.15, 0.2) is 0 Å². The predicted octanol–water partition coefficient (Wildman–Crippen LogP) is 3.88. The zero-order valence-corrected chi connectivity index (χ0v) is 17.9. The summed E-state index contributed by atoms with van der Waals surface area (Å²) >= 11 is 3.37. The number of halogens is 1. The summed E-state index contributed by atoms with van der Waals surface area (Å²) in [4.78, 5) is 39.9. The fourth-order valence-electron chi connectivity index (χ4n) is 3.27. The molecular weight excluding hydrogens is 434 g/mol. The minimum atomic E-state index is -0.386. The summed E-state index contributed by atoms with van der Waals surface area (Å²) in [6.07, 6.45) is 0. The van der Waals surface area contributed by atoms with E-state index in [2.05, 4.69) is 21.2 Å². The maximum Gasteiger partial charge on any atom is 0.254 e. The third kappa shape index (κ3) is 4.56. The van der Waals surface area contributed by atoms with Gasteiger partial charge >= 0.3 is 0 Å². The van der Waals surface area contributed by atoms with Crippen LogP contribution in [0.3, 0.4) is 0 Å². The van der Waals surface area contributed by atoms with Crippen molar-refractivity contribution in [1.82, 2.24) is 9.47 Å². The number of benzene rings is 2. The van der Waals surface area contributed by atoms with Gasteiger partial charge in [0.1, 0.15) is 6.54 Å². The summed E-state index contributed by atoms with van der Waals surface area (Å²) in [6.45, 7) is 4.77. The number of pyridine rings is 1. The third-order valence-electron chi connectivity index (χ3n) is 4.71. The minimum Gasteiger partial charge on any atom is -0.339 e. The van der Waals surface area contributed by atoms with E-state index in [9.17, 15) is 14.4 Å². The first-order valence-corrected chi connectivity index (χ1v) is 10.2. The number of carbonyl (C=O) groups is 2. The van der Waals surface area contributed by atoms with Gasteiger partial charge < -0.3 is 10.2 Å². The Morgan fingerprint density at radius 3 is 2.45 bits per heavy atom. The minimum absolute atomic E-state index is 0.147. The largest absolute Gasteiger partial charge is 0.339 e. The highest BCUT2D eigenvalue weighted by Crippen LogP contribution is 2.19. The molecule has 3 aromatic rings. The molecular formula is C22H22BrN3O3. The van der Waals surface area contributed by atoms with Crippen molar-refractivity contribution < 1.29 is 9.59 Å². The molecule has 0 saturated heterocycles. The number of nitrogens with zero attached hydrogens (tertiary/aromatic N) is 2. The van der Waals surface area contributed by atoms with Crippen LogP contribution in [0.2, 0.25) is 0 Å². The molecule has 6 nitrogen and oxygen atoms in total. The second kappa shape index (κ2) is 9.05. The number of aromatic nitrogens is 1. The number of para-hydroxylation sites is 1. The molecule has 1 aromatic heterocycles. The van der Waals surface area contributed by atoms with Crippen LogP contribution in [-0.4, -0.2) is 34.4 Å². The molecule has 0 fully saturated rings. The van der Waals surface area contributed by atoms with E-state index >= 15 is 0 Å². The zero-order chi connectivity index (χ0) is 21.0. The molecule has 0 bridgehead atoms. The van der Waals surface area contributed by atoms with Crippen LogP contribution in [-0.2, 0) is 11.3 Å². The molecule has 0 radical (unpaired) electrons. The van der Waals surface area contributed by atoms with Gasteiger partial charge in [0.25, 0.3) is 11.5 Å². The first-order chi connectivity index (χ1) is 13.9. The van der Waals surface area contributed by atoms with Gasteiger partial charge in [0, 0.05) is 34.7 Å². The Bertz CT molecular complexity index is 1120. The normalized spacial score (nSPS) is 10.7. The number of nitrogens with one attached hydrogen (secondary N) is 1. The fourth-order valence-corrected chi connectivity index (χ4v) is 3.67. The van der Waals surface area contributed by atoms with Crippen molar-refractivity contribution >= 4 is 44.3 Å². The van der Waals surface area contributed by atoms with Crippen LogP contribution in [0.4, 0.5) is 5.69 Å². The Morgan fingerprint density at radius 1 is 1.03 bits per heavy atom. The van der Waals surface area contributed by atoms with Crippen molar-refractivity contribution in [2.45, 2.75) is 20.4 Å². The Hall–Kier alpha value is -2.93. The summed E-state index contributed by atoms with van der Waals surface area (Å²) in [5, 5.41) is 3.45. The molecule has 1 N–H and O–H groups in total. The number of fused-ring (bicyclic) bond motifs is 1. The van der Waals surface area contributed by atoms with Crippen molar-refractivity contribution in [2.24, 2.45) is 0 Å². The molecule has 2 aromatic carbocycles. The first kappa shape index (κ1) is 20.8. The SMILES string of the molecule is CCN(CC)C(=O)c1cc(=O)n(CC(=O)Nc2cccc(Br)c2)c2ccccc12. The van der Waals surface area contributed by atoms with E-state index in [4.69, 9.17) is 0 Å². The predicted molar refractivity (Wildman–Crippen MR) is 118 cm³/mol. The molecule has 0 spiro atoms. The highest BCUT2D eigenvalue weighted by Gasteiger charge is 2.19. The van der Waals surface area contributed by atoms with Gasteiger partial charge in [-0.1, -0.05) is 40.2 Å². The Balaban J connectivity index is 1.98. The fraction of sp³-hybridized carbons (Fsp3) is 0.227. The summed E-state index contributed by atoms with van der Waals surface area (Å²) < 4.78 is 2.24. The maximum atomic E-state index is 12.9. The van der Waals surface area contributed by atoms with Crippen molar-refractivity contribution in [3.05, 3.63) is 75.0 Å². The van der Waals surface area contributed by atoms with Crippen LogP contribution in [0, 0.1) is 0 Å². The smallest absolute Gasteiger partial charge is 0.254 e. The van der Waals surface area contributed by atoms with Gasteiger partial charge in [-0.2, -0.15) is 0 Å². The zero-order valence-electron chi connectivity index (χ0n) is 16.3. The topological polar surface area (TPSA) is 71.4 Å². The van der Waals surface area contributed by atoms with E-state index in [1.165, 1.54) is 10.6 Å². The highest BCUT2D eigenvalue weighted by atomic mass is 79.9. The number of rotatable bonds is 6. The molecule has 0 atom stereocenters. The van der Waals surface area contributed by atoms with Gasteiger partial charge in [-0.25, -0.2) is 0 Å². The summed E-state index contributed by atoms with van der Waals surface area (Å²) in [7, 11) is 0. The molecule has 0 saturated carbocycles. The van der Waals surface area contributed by atoms with E-state index in [0.717, 1.165) is 4.47 Å². The molecule has 0 aliphatic heterocycles. The quantitative estimate of drug-likeness (QED) is 0.612. The number of amides is 2. The van der Waals surface area contributed by atoms with E-state index in [0.29, 0.717) is 35.2 Å². The van der Waals surface area contributed by atoms with E-state index in [-0.39, 0.29) is 23.9 Å². The Labute approximate surface area is 177 Å². The Kier molecular flexibility index (Phi) is 6.49. The van der Waals surface area contributed by atoms with Crippen molar-refractivity contribution in [3.8, 4) is 0 Å². The van der Waals surface area contributed by atoms with Crippen molar-refractivity contribution in [1.29, 1.82) is 0 Å². The molecule has 3 rings (SSSR count). The lowest BCUT2D eigenvalue weighted by atomic mass is 10.1. The van der Waals surface area contributed by atoms with Gasteiger partial charge in [-0.15, -0.1) is 0 Å². The van der Waals surface area contributed by atoms with Gasteiger partial charge in [0.05, 0.1) is 11.1 Å². The van der Waals surface area contributed by atoms with Crippen LogP contribution in [0.1, 0.15) is 24.2 Å². The van der Waals surface area contributed by atoms with Crippen LogP contribution in [0.25, 0.3) is 10.9 Å². The van der Waals surface area contributed by atoms with E-state index in [1.807, 2.05) is 32.0 Å². The average molecular weight is 456 g/mol. The molecule has 0 unspecified atom stereocenters. The maximum absolute atomic E-state index is 12.9. The lowest BCUT2D eigenvalue weighted by Gasteiger charge is -2.20.